The first-order valence-electron chi connectivity index (χ1n) is 10.5. The lowest BCUT2D eigenvalue weighted by molar-refractivity contribution is 0.0987. The molecule has 0 N–H and O–H groups in total. The van der Waals surface area contributed by atoms with Crippen molar-refractivity contribution in [2.24, 2.45) is 0 Å². The van der Waals surface area contributed by atoms with Gasteiger partial charge in [0.15, 0.2) is 0 Å². The van der Waals surface area contributed by atoms with Crippen molar-refractivity contribution in [3.63, 3.8) is 0 Å². The van der Waals surface area contributed by atoms with E-state index in [1.54, 1.807) is 11.3 Å². The second-order valence-electron chi connectivity index (χ2n) is 7.80. The van der Waals surface area contributed by atoms with Crippen LogP contribution in [0.3, 0.4) is 0 Å². The number of benzene rings is 1. The average molecular weight is 398 g/mol. The lowest BCUT2D eigenvalue weighted by Crippen LogP contribution is -2.36. The van der Waals surface area contributed by atoms with Crippen LogP contribution in [0.4, 0.5) is 5.69 Å². The van der Waals surface area contributed by atoms with Gasteiger partial charge in [-0.15, -0.1) is 17.9 Å². The van der Waals surface area contributed by atoms with Crippen LogP contribution in [0.25, 0.3) is 0 Å². The largest absolute Gasteiger partial charge is 0.306 e. The highest BCUT2D eigenvalue weighted by Crippen LogP contribution is 2.47. The van der Waals surface area contributed by atoms with E-state index in [9.17, 15) is 4.79 Å². The van der Waals surface area contributed by atoms with E-state index in [0.29, 0.717) is 0 Å². The molecule has 1 aliphatic heterocycles. The molecule has 0 bridgehead atoms. The Morgan fingerprint density at radius 1 is 1.14 bits per heavy atom. The summed E-state index contributed by atoms with van der Waals surface area (Å²) in [4.78, 5) is 17.2. The van der Waals surface area contributed by atoms with Crippen molar-refractivity contribution in [1.82, 2.24) is 0 Å². The topological polar surface area (TPSA) is 20.3 Å². The number of rotatable bonds is 6. The molecule has 0 atom stereocenters. The van der Waals surface area contributed by atoms with Crippen molar-refractivity contribution in [3.8, 4) is 0 Å². The van der Waals surface area contributed by atoms with Crippen LogP contribution in [-0.2, 0) is 5.41 Å². The molecule has 3 heteroatoms. The summed E-state index contributed by atoms with van der Waals surface area (Å²) in [5.74, 6) is 0.160. The Kier molecular flexibility index (Phi) is 8.06. The zero-order valence-electron chi connectivity index (χ0n) is 18.2. The third-order valence-electron chi connectivity index (χ3n) is 5.42. The Morgan fingerprint density at radius 2 is 1.79 bits per heavy atom. The molecule has 0 unspecified atom stereocenters. The predicted molar refractivity (Wildman–Crippen MR) is 124 cm³/mol. The van der Waals surface area contributed by atoms with E-state index in [4.69, 9.17) is 0 Å². The number of anilines is 1. The van der Waals surface area contributed by atoms with Crippen molar-refractivity contribution < 1.29 is 4.79 Å². The molecule has 0 radical (unpaired) electrons. The molecule has 0 fully saturated rings. The number of fused-ring (bicyclic) bond motifs is 1. The van der Waals surface area contributed by atoms with Crippen LogP contribution in [0.1, 0.15) is 78.6 Å². The first kappa shape index (κ1) is 22.4. The quantitative estimate of drug-likeness (QED) is 0.464. The van der Waals surface area contributed by atoms with Gasteiger partial charge in [-0.2, -0.15) is 0 Å². The lowest BCUT2D eigenvalue weighted by atomic mass is 9.74. The van der Waals surface area contributed by atoms with Gasteiger partial charge in [-0.1, -0.05) is 57.4 Å². The number of thiophene rings is 1. The van der Waals surface area contributed by atoms with Gasteiger partial charge in [-0.3, -0.25) is 4.79 Å². The van der Waals surface area contributed by atoms with E-state index in [1.165, 1.54) is 16.0 Å². The Bertz CT molecular complexity index is 799. The van der Waals surface area contributed by atoms with E-state index in [0.717, 1.165) is 49.2 Å². The maximum Gasteiger partial charge on any atom is 0.268 e. The molecule has 28 heavy (non-hydrogen) atoms. The van der Waals surface area contributed by atoms with Crippen molar-refractivity contribution in [2.75, 3.05) is 11.4 Å². The molecule has 1 aromatic carbocycles. The summed E-state index contributed by atoms with van der Waals surface area (Å²) in [6.45, 7) is 15.1. The number of amides is 1. The second-order valence-corrected chi connectivity index (χ2v) is 9.09. The minimum absolute atomic E-state index is 0.118. The van der Waals surface area contributed by atoms with Crippen LogP contribution in [0.2, 0.25) is 0 Å². The number of carbonyl (C=O) groups is 1. The molecule has 3 rings (SSSR count). The van der Waals surface area contributed by atoms with Crippen LogP contribution >= 0.6 is 11.3 Å². The van der Waals surface area contributed by atoms with Gasteiger partial charge in [0.1, 0.15) is 0 Å². The SMILES string of the molecule is C=CCC.CCCC1(CCC)CN(C(=O)c2ccc(C)s2)c2ccc(C)cc21. The summed E-state index contributed by atoms with van der Waals surface area (Å²) in [7, 11) is 0. The third-order valence-corrected chi connectivity index (χ3v) is 6.41. The smallest absolute Gasteiger partial charge is 0.268 e. The maximum absolute atomic E-state index is 13.1. The highest BCUT2D eigenvalue weighted by Gasteiger charge is 2.43. The van der Waals surface area contributed by atoms with Gasteiger partial charge in [0.2, 0.25) is 0 Å². The van der Waals surface area contributed by atoms with Gasteiger partial charge in [-0.05, 0) is 56.9 Å². The first-order chi connectivity index (χ1) is 13.4. The van der Waals surface area contributed by atoms with Crippen molar-refractivity contribution in [3.05, 3.63) is 63.9 Å². The Balaban J connectivity index is 0.000000640. The minimum atomic E-state index is 0.118. The van der Waals surface area contributed by atoms with E-state index in [1.807, 2.05) is 23.1 Å². The summed E-state index contributed by atoms with van der Waals surface area (Å²) in [5.41, 5.74) is 3.91. The Morgan fingerprint density at radius 3 is 2.29 bits per heavy atom. The number of allylic oxidation sites excluding steroid dienone is 1. The molecule has 0 spiro atoms. The standard InChI is InChI=1S/C21H27NOS.C4H8/c1-5-11-21(12-6-2)14-22(18-9-7-15(3)13-17(18)21)20(23)19-10-8-16(4)24-19;1-3-4-2/h7-10,13H,5-6,11-12,14H2,1-4H3;3H,1,4H2,2H3. The van der Waals surface area contributed by atoms with E-state index < -0.39 is 0 Å². The number of hydrogen-bond donors (Lipinski definition) is 0. The van der Waals surface area contributed by atoms with E-state index in [2.05, 4.69) is 59.4 Å². The lowest BCUT2D eigenvalue weighted by Gasteiger charge is -2.30. The normalized spacial score (nSPS) is 14.2. The van der Waals surface area contributed by atoms with Gasteiger partial charge in [0.05, 0.1) is 4.88 Å². The number of carbonyl (C=O) groups excluding carboxylic acids is 1. The predicted octanol–water partition coefficient (Wildman–Crippen LogP) is 7.45. The second kappa shape index (κ2) is 10.1. The maximum atomic E-state index is 13.1. The van der Waals surface area contributed by atoms with E-state index >= 15 is 0 Å². The van der Waals surface area contributed by atoms with Crippen LogP contribution in [0, 0.1) is 13.8 Å². The summed E-state index contributed by atoms with van der Waals surface area (Å²) in [6.07, 6.45) is 7.54. The van der Waals surface area contributed by atoms with Crippen LogP contribution in [0.5, 0.6) is 0 Å². The summed E-state index contributed by atoms with van der Waals surface area (Å²) in [5, 5.41) is 0. The molecule has 0 saturated carbocycles. The Labute approximate surface area is 175 Å². The van der Waals surface area contributed by atoms with Crippen molar-refractivity contribution in [2.45, 2.75) is 72.1 Å². The third kappa shape index (κ3) is 4.75. The molecular weight excluding hydrogens is 362 g/mol. The van der Waals surface area contributed by atoms with Crippen LogP contribution in [0.15, 0.2) is 43.0 Å². The van der Waals surface area contributed by atoms with Gasteiger partial charge < -0.3 is 4.90 Å². The van der Waals surface area contributed by atoms with E-state index in [-0.39, 0.29) is 11.3 Å². The Hall–Kier alpha value is -1.87. The molecule has 152 valence electrons. The van der Waals surface area contributed by atoms with Crippen molar-refractivity contribution in [1.29, 1.82) is 0 Å². The highest BCUT2D eigenvalue weighted by atomic mass is 32.1. The van der Waals surface area contributed by atoms with Gasteiger partial charge in [-0.25, -0.2) is 0 Å². The fourth-order valence-electron chi connectivity index (χ4n) is 4.16. The first-order valence-corrected chi connectivity index (χ1v) is 11.3. The summed E-state index contributed by atoms with van der Waals surface area (Å²) >= 11 is 1.60. The number of hydrogen-bond acceptors (Lipinski definition) is 2. The summed E-state index contributed by atoms with van der Waals surface area (Å²) < 4.78 is 0. The molecule has 2 heterocycles. The van der Waals surface area contributed by atoms with Gasteiger partial charge >= 0.3 is 0 Å². The highest BCUT2D eigenvalue weighted by molar-refractivity contribution is 7.14. The summed E-state index contributed by atoms with van der Waals surface area (Å²) in [6, 6.07) is 10.6. The van der Waals surface area contributed by atoms with Crippen LogP contribution in [-0.4, -0.2) is 12.5 Å². The molecule has 1 amide bonds. The van der Waals surface area contributed by atoms with Crippen LogP contribution < -0.4 is 4.90 Å². The fraction of sp³-hybridized carbons (Fsp3) is 0.480. The molecular formula is C25H35NOS. The van der Waals surface area contributed by atoms with Gasteiger partial charge in [0, 0.05) is 22.5 Å². The van der Waals surface area contributed by atoms with Crippen molar-refractivity contribution >= 4 is 22.9 Å². The average Bonchev–Trinajstić information content (AvgIpc) is 3.24. The van der Waals surface area contributed by atoms with Gasteiger partial charge in [0.25, 0.3) is 5.91 Å². The zero-order chi connectivity index (χ0) is 20.7. The molecule has 1 aromatic heterocycles. The number of aryl methyl sites for hydroxylation is 2. The molecule has 2 nitrogen and oxygen atoms in total. The molecule has 1 aliphatic rings. The monoisotopic (exact) mass is 397 g/mol. The molecule has 0 aliphatic carbocycles. The fourth-order valence-corrected chi connectivity index (χ4v) is 4.97. The zero-order valence-corrected chi connectivity index (χ0v) is 19.0. The molecule has 0 saturated heterocycles. The minimum Gasteiger partial charge on any atom is -0.306 e. The molecule has 2 aromatic rings. The number of nitrogens with zero attached hydrogens (tertiary/aromatic N) is 1.